The lowest BCUT2D eigenvalue weighted by atomic mass is 9.76. The van der Waals surface area contributed by atoms with E-state index in [1.54, 1.807) is 10.4 Å². The van der Waals surface area contributed by atoms with Crippen LogP contribution < -0.4 is 5.73 Å². The molecule has 0 atom stereocenters. The highest BCUT2D eigenvalue weighted by Gasteiger charge is 2.36. The molecule has 2 heteroatoms. The fourth-order valence-corrected chi connectivity index (χ4v) is 3.79. The minimum absolute atomic E-state index is 0.0784. The Labute approximate surface area is 83.0 Å². The molecule has 1 saturated carbocycles. The molecule has 0 radical (unpaired) electrons. The summed E-state index contributed by atoms with van der Waals surface area (Å²) in [5.41, 5.74) is 7.97. The fourth-order valence-electron chi connectivity index (χ4n) is 2.38. The van der Waals surface area contributed by atoms with Crippen molar-refractivity contribution in [2.45, 2.75) is 44.1 Å². The number of hydrogen-bond acceptors (Lipinski definition) is 2. The maximum absolute atomic E-state index is 6.30. The molecule has 2 aliphatic rings. The minimum atomic E-state index is 0.0784. The molecular formula is C11H15NS. The predicted molar refractivity (Wildman–Crippen MR) is 56.1 cm³/mol. The first-order valence-electron chi connectivity index (χ1n) is 5.19. The maximum atomic E-state index is 6.30. The van der Waals surface area contributed by atoms with E-state index in [9.17, 15) is 0 Å². The van der Waals surface area contributed by atoms with Crippen LogP contribution in [-0.4, -0.2) is 0 Å². The van der Waals surface area contributed by atoms with Crippen LogP contribution in [0.2, 0.25) is 0 Å². The van der Waals surface area contributed by atoms with Crippen molar-refractivity contribution in [1.29, 1.82) is 0 Å². The standard InChI is InChI=1S/C11H15NS/c12-11(5-2-6-11)10-7-8-3-1-4-9(8)13-10/h7H,1-6,12H2. The van der Waals surface area contributed by atoms with Gasteiger partial charge in [-0.15, -0.1) is 11.3 Å². The summed E-state index contributed by atoms with van der Waals surface area (Å²) in [6, 6.07) is 2.38. The molecule has 2 aliphatic carbocycles. The molecule has 0 saturated heterocycles. The molecule has 1 aromatic heterocycles. The summed E-state index contributed by atoms with van der Waals surface area (Å²) in [6.07, 6.45) is 7.68. The molecule has 13 heavy (non-hydrogen) atoms. The van der Waals surface area contributed by atoms with E-state index >= 15 is 0 Å². The molecule has 0 aromatic carbocycles. The second-order valence-electron chi connectivity index (χ2n) is 4.42. The van der Waals surface area contributed by atoms with Crippen LogP contribution in [0.1, 0.15) is 41.0 Å². The van der Waals surface area contributed by atoms with Gasteiger partial charge in [-0.05, 0) is 50.2 Å². The van der Waals surface area contributed by atoms with Crippen LogP contribution in [0.5, 0.6) is 0 Å². The molecule has 0 aliphatic heterocycles. The first kappa shape index (κ1) is 8.01. The van der Waals surface area contributed by atoms with E-state index < -0.39 is 0 Å². The second kappa shape index (κ2) is 2.58. The number of nitrogens with two attached hydrogens (primary N) is 1. The van der Waals surface area contributed by atoms with Gasteiger partial charge in [0.15, 0.2) is 0 Å². The molecule has 0 amide bonds. The Balaban J connectivity index is 1.97. The molecule has 0 bridgehead atoms. The van der Waals surface area contributed by atoms with Gasteiger partial charge in [0.1, 0.15) is 0 Å². The van der Waals surface area contributed by atoms with Crippen LogP contribution >= 0.6 is 11.3 Å². The highest BCUT2D eigenvalue weighted by atomic mass is 32.1. The first-order chi connectivity index (χ1) is 6.28. The zero-order valence-corrected chi connectivity index (χ0v) is 8.62. The van der Waals surface area contributed by atoms with Gasteiger partial charge in [0.05, 0.1) is 5.54 Å². The topological polar surface area (TPSA) is 26.0 Å². The highest BCUT2D eigenvalue weighted by molar-refractivity contribution is 7.12. The summed E-state index contributed by atoms with van der Waals surface area (Å²) in [4.78, 5) is 3.08. The van der Waals surface area contributed by atoms with Gasteiger partial charge < -0.3 is 5.73 Å². The molecule has 1 heterocycles. The molecule has 2 N–H and O–H groups in total. The molecule has 70 valence electrons. The smallest absolute Gasteiger partial charge is 0.0504 e. The van der Waals surface area contributed by atoms with Gasteiger partial charge >= 0.3 is 0 Å². The Hall–Kier alpha value is -0.340. The van der Waals surface area contributed by atoms with E-state index in [2.05, 4.69) is 6.07 Å². The number of aryl methyl sites for hydroxylation is 2. The van der Waals surface area contributed by atoms with Crippen molar-refractivity contribution in [1.82, 2.24) is 0 Å². The van der Waals surface area contributed by atoms with Gasteiger partial charge in [0.2, 0.25) is 0 Å². The summed E-state index contributed by atoms with van der Waals surface area (Å²) in [7, 11) is 0. The molecule has 0 spiro atoms. The quantitative estimate of drug-likeness (QED) is 0.729. The van der Waals surface area contributed by atoms with Gasteiger partial charge in [-0.25, -0.2) is 0 Å². The average molecular weight is 193 g/mol. The number of thiophene rings is 1. The predicted octanol–water partition coefficient (Wildman–Crippen LogP) is 2.57. The van der Waals surface area contributed by atoms with Gasteiger partial charge in [-0.3, -0.25) is 0 Å². The van der Waals surface area contributed by atoms with Gasteiger partial charge in [0.25, 0.3) is 0 Å². The Morgan fingerprint density at radius 3 is 2.69 bits per heavy atom. The van der Waals surface area contributed by atoms with Crippen molar-refractivity contribution in [2.75, 3.05) is 0 Å². The van der Waals surface area contributed by atoms with Crippen molar-refractivity contribution in [3.8, 4) is 0 Å². The fraction of sp³-hybridized carbons (Fsp3) is 0.636. The molecule has 0 unspecified atom stereocenters. The first-order valence-corrected chi connectivity index (χ1v) is 6.00. The van der Waals surface area contributed by atoms with Gasteiger partial charge in [-0.2, -0.15) is 0 Å². The van der Waals surface area contributed by atoms with E-state index in [1.165, 1.54) is 43.4 Å². The highest BCUT2D eigenvalue weighted by Crippen LogP contribution is 2.44. The normalized spacial score (nSPS) is 24.1. The van der Waals surface area contributed by atoms with Crippen molar-refractivity contribution in [2.24, 2.45) is 5.73 Å². The lowest BCUT2D eigenvalue weighted by molar-refractivity contribution is 0.259. The third kappa shape index (κ3) is 1.09. The minimum Gasteiger partial charge on any atom is -0.321 e. The van der Waals surface area contributed by atoms with E-state index in [0.29, 0.717) is 0 Å². The van der Waals surface area contributed by atoms with Crippen molar-refractivity contribution in [3.63, 3.8) is 0 Å². The SMILES string of the molecule is NC1(c2cc3c(s2)CCC3)CCC1. The number of rotatable bonds is 1. The average Bonchev–Trinajstić information content (AvgIpc) is 2.57. The van der Waals surface area contributed by atoms with Crippen molar-refractivity contribution >= 4 is 11.3 Å². The lowest BCUT2D eigenvalue weighted by Gasteiger charge is -2.37. The summed E-state index contributed by atoms with van der Waals surface area (Å²) >= 11 is 1.98. The van der Waals surface area contributed by atoms with Crippen molar-refractivity contribution < 1.29 is 0 Å². The molecule has 1 fully saturated rings. The Morgan fingerprint density at radius 2 is 2.08 bits per heavy atom. The monoisotopic (exact) mass is 193 g/mol. The van der Waals surface area contributed by atoms with E-state index in [4.69, 9.17) is 5.73 Å². The number of fused-ring (bicyclic) bond motifs is 1. The van der Waals surface area contributed by atoms with Gasteiger partial charge in [0, 0.05) is 9.75 Å². The zero-order chi connectivity index (χ0) is 8.89. The van der Waals surface area contributed by atoms with E-state index in [-0.39, 0.29) is 5.54 Å². The van der Waals surface area contributed by atoms with Crippen LogP contribution in [0.15, 0.2) is 6.07 Å². The van der Waals surface area contributed by atoms with Gasteiger partial charge in [-0.1, -0.05) is 0 Å². The third-order valence-corrected chi connectivity index (χ3v) is 4.94. The van der Waals surface area contributed by atoms with Crippen LogP contribution in [0, 0.1) is 0 Å². The molecule has 3 rings (SSSR count). The summed E-state index contributed by atoms with van der Waals surface area (Å²) in [6.45, 7) is 0. The zero-order valence-electron chi connectivity index (χ0n) is 7.81. The summed E-state index contributed by atoms with van der Waals surface area (Å²) in [5.74, 6) is 0. The van der Waals surface area contributed by atoms with Crippen LogP contribution in [0.4, 0.5) is 0 Å². The second-order valence-corrected chi connectivity index (χ2v) is 5.56. The van der Waals surface area contributed by atoms with E-state index in [0.717, 1.165) is 0 Å². The van der Waals surface area contributed by atoms with Crippen LogP contribution in [0.25, 0.3) is 0 Å². The Bertz CT molecular complexity index is 314. The molecule has 1 nitrogen and oxygen atoms in total. The number of hydrogen-bond donors (Lipinski definition) is 1. The van der Waals surface area contributed by atoms with E-state index in [1.807, 2.05) is 11.3 Å². The largest absolute Gasteiger partial charge is 0.321 e. The Kier molecular flexibility index (Phi) is 1.59. The molecular weight excluding hydrogens is 178 g/mol. The van der Waals surface area contributed by atoms with Crippen molar-refractivity contribution in [3.05, 3.63) is 21.4 Å². The summed E-state index contributed by atoms with van der Waals surface area (Å²) < 4.78 is 0. The molecule has 1 aromatic rings. The maximum Gasteiger partial charge on any atom is 0.0504 e. The summed E-state index contributed by atoms with van der Waals surface area (Å²) in [5, 5.41) is 0. The lowest BCUT2D eigenvalue weighted by Crippen LogP contribution is -2.42. The van der Waals surface area contributed by atoms with Crippen LogP contribution in [0.3, 0.4) is 0 Å². The van der Waals surface area contributed by atoms with Crippen LogP contribution in [-0.2, 0) is 18.4 Å². The Morgan fingerprint density at radius 1 is 1.23 bits per heavy atom. The third-order valence-electron chi connectivity index (χ3n) is 3.48.